The highest BCUT2D eigenvalue weighted by Gasteiger charge is 2.14. The first-order chi connectivity index (χ1) is 13.6. The van der Waals surface area contributed by atoms with Gasteiger partial charge in [0.05, 0.1) is 19.3 Å². The number of hydrogen-bond donors (Lipinski definition) is 2. The summed E-state index contributed by atoms with van der Waals surface area (Å²) in [6.45, 7) is 7.02. The van der Waals surface area contributed by atoms with Crippen molar-refractivity contribution in [3.05, 3.63) is 59.8 Å². The topological polar surface area (TPSA) is 63.3 Å². The number of H-pyrrole nitrogens is 1. The quantitative estimate of drug-likeness (QED) is 0.562. The van der Waals surface area contributed by atoms with Crippen LogP contribution in [0.25, 0.3) is 10.9 Å². The van der Waals surface area contributed by atoms with Gasteiger partial charge in [0.1, 0.15) is 0 Å². The third-order valence-electron chi connectivity index (χ3n) is 4.74. The Labute approximate surface area is 166 Å². The second-order valence-corrected chi connectivity index (χ2v) is 6.72. The smallest absolute Gasteiger partial charge is 0.220 e. The molecule has 1 aromatic heterocycles. The molecule has 1 unspecified atom stereocenters. The van der Waals surface area contributed by atoms with Crippen LogP contribution in [-0.2, 0) is 11.2 Å². The number of benzene rings is 2. The van der Waals surface area contributed by atoms with E-state index in [0.717, 1.165) is 22.4 Å². The van der Waals surface area contributed by atoms with Crippen molar-refractivity contribution < 1.29 is 14.3 Å². The lowest BCUT2D eigenvalue weighted by molar-refractivity contribution is -0.121. The molecule has 5 heteroatoms. The molecule has 0 saturated heterocycles. The molecule has 0 saturated carbocycles. The fourth-order valence-electron chi connectivity index (χ4n) is 3.32. The number of carbonyl (C=O) groups is 1. The normalized spacial score (nSPS) is 12.0. The first-order valence-corrected chi connectivity index (χ1v) is 9.86. The molecule has 0 aliphatic heterocycles. The Kier molecular flexibility index (Phi) is 6.58. The van der Waals surface area contributed by atoms with Gasteiger partial charge in [-0.3, -0.25) is 4.79 Å². The van der Waals surface area contributed by atoms with Crippen LogP contribution in [0.15, 0.2) is 48.7 Å². The summed E-state index contributed by atoms with van der Waals surface area (Å²) in [5, 5.41) is 4.26. The molecule has 0 aliphatic carbocycles. The number of ether oxygens (including phenoxy) is 2. The van der Waals surface area contributed by atoms with E-state index < -0.39 is 0 Å². The Hall–Kier alpha value is -2.95. The minimum absolute atomic E-state index is 0.0321. The summed E-state index contributed by atoms with van der Waals surface area (Å²) in [5.74, 6) is 1.47. The van der Waals surface area contributed by atoms with Crippen molar-refractivity contribution in [1.29, 1.82) is 0 Å². The molecule has 0 radical (unpaired) electrons. The molecule has 0 bridgehead atoms. The number of aromatic amines is 1. The predicted molar refractivity (Wildman–Crippen MR) is 112 cm³/mol. The maximum atomic E-state index is 12.5. The minimum Gasteiger partial charge on any atom is -0.490 e. The number of para-hydroxylation sites is 1. The third kappa shape index (κ3) is 4.66. The van der Waals surface area contributed by atoms with Crippen molar-refractivity contribution in [3.63, 3.8) is 0 Å². The molecular formula is C23H28N2O3. The lowest BCUT2D eigenvalue weighted by Crippen LogP contribution is -2.26. The molecule has 148 valence electrons. The van der Waals surface area contributed by atoms with Crippen LogP contribution < -0.4 is 14.8 Å². The Balaban J connectivity index is 1.61. The standard InChI is InChI=1S/C23H28N2O3/c1-4-27-21-12-10-17(14-22(21)28-5-2)16(3)25-23(26)13-11-18-15-24-20-9-7-6-8-19(18)20/h6-10,12,14-16,24H,4-5,11,13H2,1-3H3,(H,25,26). The minimum atomic E-state index is -0.106. The molecule has 1 amide bonds. The van der Waals surface area contributed by atoms with Crippen molar-refractivity contribution in [1.82, 2.24) is 10.3 Å². The van der Waals surface area contributed by atoms with Crippen LogP contribution in [0.5, 0.6) is 11.5 Å². The maximum Gasteiger partial charge on any atom is 0.220 e. The van der Waals surface area contributed by atoms with Crippen molar-refractivity contribution in [2.24, 2.45) is 0 Å². The fourth-order valence-corrected chi connectivity index (χ4v) is 3.32. The molecule has 0 spiro atoms. The number of hydrogen-bond acceptors (Lipinski definition) is 3. The van der Waals surface area contributed by atoms with Crippen LogP contribution in [0.4, 0.5) is 0 Å². The molecule has 5 nitrogen and oxygen atoms in total. The Morgan fingerprint density at radius 2 is 1.82 bits per heavy atom. The Morgan fingerprint density at radius 1 is 1.07 bits per heavy atom. The van der Waals surface area contributed by atoms with Crippen molar-refractivity contribution >= 4 is 16.8 Å². The van der Waals surface area contributed by atoms with Crippen LogP contribution >= 0.6 is 0 Å². The van der Waals surface area contributed by atoms with Gasteiger partial charge in [0.2, 0.25) is 5.91 Å². The van der Waals surface area contributed by atoms with Gasteiger partial charge in [0.15, 0.2) is 11.5 Å². The van der Waals surface area contributed by atoms with Gasteiger partial charge in [0, 0.05) is 23.5 Å². The zero-order valence-corrected chi connectivity index (χ0v) is 16.7. The fraction of sp³-hybridized carbons (Fsp3) is 0.348. The summed E-state index contributed by atoms with van der Waals surface area (Å²) in [7, 11) is 0. The van der Waals surface area contributed by atoms with Crippen LogP contribution in [0.1, 0.15) is 44.4 Å². The molecule has 3 rings (SSSR count). The van der Waals surface area contributed by atoms with Gasteiger partial charge in [-0.1, -0.05) is 24.3 Å². The van der Waals surface area contributed by atoms with Crippen molar-refractivity contribution in [2.45, 2.75) is 39.7 Å². The lowest BCUT2D eigenvalue weighted by atomic mass is 10.1. The van der Waals surface area contributed by atoms with E-state index in [1.54, 1.807) is 0 Å². The van der Waals surface area contributed by atoms with Crippen molar-refractivity contribution in [2.75, 3.05) is 13.2 Å². The number of carbonyl (C=O) groups excluding carboxylic acids is 1. The first kappa shape index (κ1) is 19.8. The summed E-state index contributed by atoms with van der Waals surface area (Å²) >= 11 is 0. The van der Waals surface area contributed by atoms with Crippen LogP contribution in [0.3, 0.4) is 0 Å². The molecule has 0 aliphatic rings. The first-order valence-electron chi connectivity index (χ1n) is 9.86. The van der Waals surface area contributed by atoms with Gasteiger partial charge < -0.3 is 19.8 Å². The highest BCUT2D eigenvalue weighted by molar-refractivity contribution is 5.84. The highest BCUT2D eigenvalue weighted by Crippen LogP contribution is 2.30. The largest absolute Gasteiger partial charge is 0.490 e. The molecule has 2 aromatic carbocycles. The monoisotopic (exact) mass is 380 g/mol. The second kappa shape index (κ2) is 9.31. The van der Waals surface area contributed by atoms with E-state index in [4.69, 9.17) is 9.47 Å². The molecule has 1 atom stereocenters. The number of rotatable bonds is 9. The predicted octanol–water partition coefficient (Wildman–Crippen LogP) is 4.78. The Morgan fingerprint density at radius 3 is 2.61 bits per heavy atom. The van der Waals surface area contributed by atoms with E-state index in [2.05, 4.69) is 16.4 Å². The zero-order valence-electron chi connectivity index (χ0n) is 16.7. The average molecular weight is 380 g/mol. The molecule has 28 heavy (non-hydrogen) atoms. The van der Waals surface area contributed by atoms with E-state index >= 15 is 0 Å². The number of amides is 1. The van der Waals surface area contributed by atoms with E-state index in [1.807, 2.05) is 63.4 Å². The SMILES string of the molecule is CCOc1ccc(C(C)NC(=O)CCc2c[nH]c3ccccc23)cc1OCC. The molecular weight excluding hydrogens is 352 g/mol. The van der Waals surface area contributed by atoms with Gasteiger partial charge in [-0.15, -0.1) is 0 Å². The van der Waals surface area contributed by atoms with Crippen LogP contribution in [0.2, 0.25) is 0 Å². The summed E-state index contributed by atoms with van der Waals surface area (Å²) in [5.41, 5.74) is 3.26. The lowest BCUT2D eigenvalue weighted by Gasteiger charge is -2.17. The van der Waals surface area contributed by atoms with E-state index in [0.29, 0.717) is 31.8 Å². The molecule has 1 heterocycles. The zero-order chi connectivity index (χ0) is 19.9. The molecule has 0 fully saturated rings. The number of fused-ring (bicyclic) bond motifs is 1. The van der Waals surface area contributed by atoms with Crippen LogP contribution in [-0.4, -0.2) is 24.1 Å². The number of aryl methyl sites for hydroxylation is 1. The van der Waals surface area contributed by atoms with Crippen LogP contribution in [0, 0.1) is 0 Å². The van der Waals surface area contributed by atoms with Gasteiger partial charge in [-0.05, 0) is 56.5 Å². The van der Waals surface area contributed by atoms with Crippen molar-refractivity contribution in [3.8, 4) is 11.5 Å². The van der Waals surface area contributed by atoms with E-state index in [9.17, 15) is 4.79 Å². The van der Waals surface area contributed by atoms with Gasteiger partial charge in [-0.25, -0.2) is 0 Å². The number of aromatic nitrogens is 1. The summed E-state index contributed by atoms with van der Waals surface area (Å²) in [6, 6.07) is 13.9. The van der Waals surface area contributed by atoms with Gasteiger partial charge >= 0.3 is 0 Å². The van der Waals surface area contributed by atoms with E-state index in [-0.39, 0.29) is 11.9 Å². The van der Waals surface area contributed by atoms with E-state index in [1.165, 1.54) is 5.39 Å². The average Bonchev–Trinajstić information content (AvgIpc) is 3.11. The number of nitrogens with one attached hydrogen (secondary N) is 2. The summed E-state index contributed by atoms with van der Waals surface area (Å²) in [6.07, 6.45) is 3.14. The second-order valence-electron chi connectivity index (χ2n) is 6.72. The third-order valence-corrected chi connectivity index (χ3v) is 4.74. The summed E-state index contributed by atoms with van der Waals surface area (Å²) < 4.78 is 11.3. The van der Waals surface area contributed by atoms with Gasteiger partial charge in [-0.2, -0.15) is 0 Å². The maximum absolute atomic E-state index is 12.5. The molecule has 2 N–H and O–H groups in total. The Bertz CT molecular complexity index is 932. The highest BCUT2D eigenvalue weighted by atomic mass is 16.5. The van der Waals surface area contributed by atoms with Gasteiger partial charge in [0.25, 0.3) is 0 Å². The summed E-state index contributed by atoms with van der Waals surface area (Å²) in [4.78, 5) is 15.7. The molecule has 3 aromatic rings.